The Morgan fingerprint density at radius 1 is 0.816 bits per heavy atom. The Kier molecular flexibility index (Phi) is 12.6. The molecule has 3 rings (SSSR count). The van der Waals surface area contributed by atoms with Crippen LogP contribution >= 0.6 is 0 Å². The highest BCUT2D eigenvalue weighted by molar-refractivity contribution is 5.91. The van der Waals surface area contributed by atoms with Crippen LogP contribution in [0.3, 0.4) is 0 Å². The van der Waals surface area contributed by atoms with E-state index in [1.807, 2.05) is 31.2 Å². The average molecular weight is 527 g/mol. The van der Waals surface area contributed by atoms with E-state index in [0.29, 0.717) is 30.3 Å². The second-order valence-corrected chi connectivity index (χ2v) is 10.3. The fourth-order valence-corrected chi connectivity index (χ4v) is 4.81. The van der Waals surface area contributed by atoms with Crippen LogP contribution in [-0.4, -0.2) is 30.8 Å². The summed E-state index contributed by atoms with van der Waals surface area (Å²) in [5, 5.41) is 0. The van der Waals surface area contributed by atoms with E-state index in [0.717, 1.165) is 49.8 Å². The molecule has 1 aliphatic rings. The van der Waals surface area contributed by atoms with Crippen LogP contribution in [0.15, 0.2) is 48.5 Å². The number of hydrogen-bond acceptors (Lipinski definition) is 5. The Morgan fingerprint density at radius 2 is 1.45 bits per heavy atom. The number of rotatable bonds is 15. The molecule has 0 heterocycles. The van der Waals surface area contributed by atoms with Crippen molar-refractivity contribution in [2.24, 2.45) is 0 Å². The number of carbonyl (C=O) groups is 2. The van der Waals surface area contributed by atoms with E-state index in [-0.39, 0.29) is 12.5 Å². The number of benzene rings is 2. The van der Waals surface area contributed by atoms with Gasteiger partial charge in [0.1, 0.15) is 17.6 Å². The maximum atomic E-state index is 13.9. The fourth-order valence-electron chi connectivity index (χ4n) is 4.81. The van der Waals surface area contributed by atoms with E-state index in [2.05, 4.69) is 6.92 Å². The van der Waals surface area contributed by atoms with Crippen molar-refractivity contribution < 1.29 is 28.2 Å². The standard InChI is InChI=1S/C32H43FO5/c1-3-5-7-8-9-23-36-27-17-15-26(16-18-27)31(34)37-28-19-11-24(12-20-28)25-13-21-29(22-14-25)38-32(35)30(33)10-6-4-2/h11-12,15-20,25,29-30H,3-10,13-14,21-23H2,1-2H3/t25?,29?,30-/m0/s1. The highest BCUT2D eigenvalue weighted by atomic mass is 19.1. The van der Waals surface area contributed by atoms with Gasteiger partial charge in [0.2, 0.25) is 0 Å². The maximum absolute atomic E-state index is 13.9. The van der Waals surface area contributed by atoms with Gasteiger partial charge in [-0.3, -0.25) is 0 Å². The van der Waals surface area contributed by atoms with Crippen LogP contribution in [-0.2, 0) is 9.53 Å². The van der Waals surface area contributed by atoms with Crippen molar-refractivity contribution in [2.45, 2.75) is 109 Å². The molecule has 1 fully saturated rings. The lowest BCUT2D eigenvalue weighted by Crippen LogP contribution is -2.28. The van der Waals surface area contributed by atoms with E-state index in [4.69, 9.17) is 14.2 Å². The topological polar surface area (TPSA) is 61.8 Å². The van der Waals surface area contributed by atoms with Gasteiger partial charge in [0.15, 0.2) is 6.17 Å². The highest BCUT2D eigenvalue weighted by Gasteiger charge is 2.27. The van der Waals surface area contributed by atoms with E-state index in [1.165, 1.54) is 25.7 Å². The first-order valence-electron chi connectivity index (χ1n) is 14.4. The Balaban J connectivity index is 1.40. The normalized spacial score (nSPS) is 18.0. The van der Waals surface area contributed by atoms with Gasteiger partial charge >= 0.3 is 11.9 Å². The lowest BCUT2D eigenvalue weighted by molar-refractivity contribution is -0.157. The van der Waals surface area contributed by atoms with Gasteiger partial charge in [-0.2, -0.15) is 0 Å². The third-order valence-corrected chi connectivity index (χ3v) is 7.19. The number of esters is 2. The highest BCUT2D eigenvalue weighted by Crippen LogP contribution is 2.35. The Labute approximate surface area is 227 Å². The lowest BCUT2D eigenvalue weighted by atomic mass is 9.83. The quantitative estimate of drug-likeness (QED) is 0.133. The van der Waals surface area contributed by atoms with Crippen LogP contribution in [0, 0.1) is 0 Å². The van der Waals surface area contributed by atoms with Gasteiger partial charge in [0.05, 0.1) is 12.2 Å². The smallest absolute Gasteiger partial charge is 0.343 e. The van der Waals surface area contributed by atoms with Crippen molar-refractivity contribution in [1.29, 1.82) is 0 Å². The molecule has 0 N–H and O–H groups in total. The van der Waals surface area contributed by atoms with Crippen LogP contribution < -0.4 is 9.47 Å². The van der Waals surface area contributed by atoms with Crippen molar-refractivity contribution in [1.82, 2.24) is 0 Å². The Hall–Kier alpha value is -2.89. The van der Waals surface area contributed by atoms with Crippen LogP contribution in [0.2, 0.25) is 0 Å². The predicted molar refractivity (Wildman–Crippen MR) is 148 cm³/mol. The Bertz CT molecular complexity index is 964. The number of alkyl halides is 1. The van der Waals surface area contributed by atoms with Gasteiger partial charge in [0.25, 0.3) is 0 Å². The summed E-state index contributed by atoms with van der Waals surface area (Å²) in [5.41, 5.74) is 1.64. The fraction of sp³-hybridized carbons (Fsp3) is 0.562. The zero-order valence-electron chi connectivity index (χ0n) is 23.0. The second-order valence-electron chi connectivity index (χ2n) is 10.3. The molecular weight excluding hydrogens is 483 g/mol. The predicted octanol–water partition coefficient (Wildman–Crippen LogP) is 8.35. The van der Waals surface area contributed by atoms with Crippen molar-refractivity contribution >= 4 is 11.9 Å². The molecule has 0 aromatic heterocycles. The first kappa shape index (κ1) is 29.7. The first-order valence-corrected chi connectivity index (χ1v) is 14.4. The van der Waals surface area contributed by atoms with Gasteiger partial charge in [0, 0.05) is 0 Å². The summed E-state index contributed by atoms with van der Waals surface area (Å²) < 4.78 is 30.6. The number of halogens is 1. The monoisotopic (exact) mass is 526 g/mol. The molecule has 208 valence electrons. The van der Waals surface area contributed by atoms with Gasteiger partial charge in [-0.15, -0.1) is 0 Å². The molecule has 0 amide bonds. The van der Waals surface area contributed by atoms with Crippen LogP contribution in [0.4, 0.5) is 4.39 Å². The van der Waals surface area contributed by atoms with Crippen LogP contribution in [0.5, 0.6) is 11.5 Å². The molecular formula is C32H43FO5. The summed E-state index contributed by atoms with van der Waals surface area (Å²) >= 11 is 0. The minimum Gasteiger partial charge on any atom is -0.494 e. The Morgan fingerprint density at radius 3 is 2.11 bits per heavy atom. The summed E-state index contributed by atoms with van der Waals surface area (Å²) in [7, 11) is 0. The van der Waals surface area contributed by atoms with Gasteiger partial charge in [-0.25, -0.2) is 14.0 Å². The number of ether oxygens (including phenoxy) is 3. The minimum atomic E-state index is -1.51. The molecule has 2 aromatic rings. The van der Waals surface area contributed by atoms with Gasteiger partial charge < -0.3 is 14.2 Å². The molecule has 1 aliphatic carbocycles. The molecule has 0 spiro atoms. The SMILES string of the molecule is CCCCCCCOc1ccc(C(=O)Oc2ccc(C3CCC(OC(=O)[C@@H](F)CCCC)CC3)cc2)cc1. The summed E-state index contributed by atoms with van der Waals surface area (Å²) in [6.45, 7) is 4.86. The minimum absolute atomic E-state index is 0.207. The summed E-state index contributed by atoms with van der Waals surface area (Å²) in [5.74, 6) is 0.473. The third-order valence-electron chi connectivity index (χ3n) is 7.19. The maximum Gasteiger partial charge on any atom is 0.343 e. The molecule has 0 saturated heterocycles. The zero-order chi connectivity index (χ0) is 27.2. The first-order chi connectivity index (χ1) is 18.5. The summed E-state index contributed by atoms with van der Waals surface area (Å²) in [6.07, 6.45) is 9.21. The van der Waals surface area contributed by atoms with Crippen molar-refractivity contribution in [3.8, 4) is 11.5 Å². The van der Waals surface area contributed by atoms with Crippen molar-refractivity contribution in [3.63, 3.8) is 0 Å². The van der Waals surface area contributed by atoms with E-state index < -0.39 is 18.1 Å². The molecule has 6 heteroatoms. The van der Waals surface area contributed by atoms with Crippen molar-refractivity contribution in [2.75, 3.05) is 6.61 Å². The zero-order valence-corrected chi connectivity index (χ0v) is 23.0. The largest absolute Gasteiger partial charge is 0.494 e. The molecule has 2 aromatic carbocycles. The van der Waals surface area contributed by atoms with Crippen LogP contribution in [0.25, 0.3) is 0 Å². The average Bonchev–Trinajstić information content (AvgIpc) is 2.94. The molecule has 0 radical (unpaired) electrons. The summed E-state index contributed by atoms with van der Waals surface area (Å²) in [6, 6.07) is 14.7. The molecule has 5 nitrogen and oxygen atoms in total. The lowest BCUT2D eigenvalue weighted by Gasteiger charge is -2.29. The van der Waals surface area contributed by atoms with Crippen LogP contribution in [0.1, 0.15) is 113 Å². The van der Waals surface area contributed by atoms with Gasteiger partial charge in [-0.1, -0.05) is 64.5 Å². The number of carbonyl (C=O) groups excluding carboxylic acids is 2. The number of unbranched alkanes of at least 4 members (excludes halogenated alkanes) is 5. The third kappa shape index (κ3) is 9.77. The van der Waals surface area contributed by atoms with Gasteiger partial charge in [-0.05, 0) is 86.4 Å². The molecule has 0 unspecified atom stereocenters. The molecule has 1 atom stereocenters. The summed E-state index contributed by atoms with van der Waals surface area (Å²) in [4.78, 5) is 24.5. The molecule has 1 saturated carbocycles. The second kappa shape index (κ2) is 16.2. The van der Waals surface area contributed by atoms with E-state index in [1.54, 1.807) is 24.3 Å². The molecule has 0 aliphatic heterocycles. The van der Waals surface area contributed by atoms with Crippen molar-refractivity contribution in [3.05, 3.63) is 59.7 Å². The molecule has 0 bridgehead atoms. The number of hydrogen-bond donors (Lipinski definition) is 0. The van der Waals surface area contributed by atoms with E-state index >= 15 is 0 Å². The molecule has 38 heavy (non-hydrogen) atoms. The van der Waals surface area contributed by atoms with E-state index in [9.17, 15) is 14.0 Å².